The van der Waals surface area contributed by atoms with E-state index in [4.69, 9.17) is 4.74 Å². The Morgan fingerprint density at radius 3 is 2.65 bits per heavy atom. The Balaban J connectivity index is 1.82. The van der Waals surface area contributed by atoms with E-state index < -0.39 is 0 Å². The fraction of sp³-hybridized carbons (Fsp3) is 0.190. The zero-order chi connectivity index (χ0) is 18.4. The molecule has 0 bridgehead atoms. The highest BCUT2D eigenvalue weighted by Gasteiger charge is 2.11. The molecule has 132 valence electrons. The van der Waals surface area contributed by atoms with Gasteiger partial charge in [-0.25, -0.2) is 9.97 Å². The summed E-state index contributed by atoms with van der Waals surface area (Å²) in [7, 11) is 0. The van der Waals surface area contributed by atoms with Gasteiger partial charge >= 0.3 is 0 Å². The molecule has 1 heterocycles. The third kappa shape index (κ3) is 4.45. The van der Waals surface area contributed by atoms with Gasteiger partial charge in [0.2, 0.25) is 5.88 Å². The van der Waals surface area contributed by atoms with E-state index in [-0.39, 0.29) is 11.9 Å². The van der Waals surface area contributed by atoms with Gasteiger partial charge in [-0.05, 0) is 37.6 Å². The van der Waals surface area contributed by atoms with Crippen molar-refractivity contribution in [1.29, 1.82) is 0 Å². The number of benzene rings is 2. The highest BCUT2D eigenvalue weighted by molar-refractivity contribution is 5.95. The van der Waals surface area contributed by atoms with Crippen molar-refractivity contribution in [3.05, 3.63) is 72.6 Å². The van der Waals surface area contributed by atoms with Gasteiger partial charge in [-0.2, -0.15) is 0 Å². The van der Waals surface area contributed by atoms with Gasteiger partial charge < -0.3 is 10.1 Å². The molecule has 0 aliphatic rings. The van der Waals surface area contributed by atoms with E-state index >= 15 is 0 Å². The molecule has 26 heavy (non-hydrogen) atoms. The number of nitrogens with one attached hydrogen (secondary N) is 1. The van der Waals surface area contributed by atoms with Gasteiger partial charge in [-0.15, -0.1) is 0 Å². The van der Waals surface area contributed by atoms with Crippen LogP contribution in [0.5, 0.6) is 11.6 Å². The quantitative estimate of drug-likeness (QED) is 0.715. The second-order valence-corrected chi connectivity index (χ2v) is 6.02. The molecule has 0 aliphatic heterocycles. The normalized spacial score (nSPS) is 11.6. The maximum absolute atomic E-state index is 12.3. The maximum Gasteiger partial charge on any atom is 0.251 e. The number of amides is 1. The Hall–Kier alpha value is -3.21. The summed E-state index contributed by atoms with van der Waals surface area (Å²) in [6.45, 7) is 4.02. The van der Waals surface area contributed by atoms with Crippen molar-refractivity contribution in [3.63, 3.8) is 0 Å². The monoisotopic (exact) mass is 347 g/mol. The summed E-state index contributed by atoms with van der Waals surface area (Å²) >= 11 is 0. The largest absolute Gasteiger partial charge is 0.439 e. The summed E-state index contributed by atoms with van der Waals surface area (Å²) in [6, 6.07) is 18.7. The molecule has 1 N–H and O–H groups in total. The molecule has 1 atom stereocenters. The van der Waals surface area contributed by atoms with Crippen LogP contribution in [0.4, 0.5) is 0 Å². The van der Waals surface area contributed by atoms with E-state index in [0.29, 0.717) is 22.9 Å². The molecule has 5 heteroatoms. The number of carbonyl (C=O) groups excluding carboxylic acids is 1. The molecule has 0 aliphatic carbocycles. The molecular weight excluding hydrogens is 326 g/mol. The smallest absolute Gasteiger partial charge is 0.251 e. The Labute approximate surface area is 153 Å². The van der Waals surface area contributed by atoms with Crippen LogP contribution in [-0.2, 0) is 0 Å². The van der Waals surface area contributed by atoms with Crippen LogP contribution in [-0.4, -0.2) is 21.9 Å². The fourth-order valence-corrected chi connectivity index (χ4v) is 2.39. The lowest BCUT2D eigenvalue weighted by Gasteiger charge is -2.12. The van der Waals surface area contributed by atoms with E-state index in [0.717, 1.165) is 12.0 Å². The number of aromatic nitrogens is 2. The summed E-state index contributed by atoms with van der Waals surface area (Å²) in [5.74, 6) is 1.07. The van der Waals surface area contributed by atoms with Gasteiger partial charge in [0.15, 0.2) is 0 Å². The van der Waals surface area contributed by atoms with E-state index in [9.17, 15) is 4.79 Å². The molecule has 5 nitrogen and oxygen atoms in total. The summed E-state index contributed by atoms with van der Waals surface area (Å²) in [5.41, 5.74) is 2.14. The van der Waals surface area contributed by atoms with Crippen molar-refractivity contribution in [3.8, 4) is 22.9 Å². The predicted octanol–water partition coefficient (Wildman–Crippen LogP) is 4.46. The number of rotatable bonds is 6. The minimum Gasteiger partial charge on any atom is -0.439 e. The molecule has 2 aromatic carbocycles. The van der Waals surface area contributed by atoms with Crippen LogP contribution >= 0.6 is 0 Å². The number of hydrogen-bond donors (Lipinski definition) is 1. The summed E-state index contributed by atoms with van der Waals surface area (Å²) in [5, 5.41) is 2.97. The first-order chi connectivity index (χ1) is 12.7. The molecule has 3 aromatic rings. The van der Waals surface area contributed by atoms with Gasteiger partial charge in [0.25, 0.3) is 5.91 Å². The lowest BCUT2D eigenvalue weighted by atomic mass is 10.1. The van der Waals surface area contributed by atoms with Gasteiger partial charge in [-0.1, -0.05) is 37.3 Å². The van der Waals surface area contributed by atoms with Crippen LogP contribution in [0.3, 0.4) is 0 Å². The zero-order valence-corrected chi connectivity index (χ0v) is 14.8. The van der Waals surface area contributed by atoms with Crippen LogP contribution in [0.2, 0.25) is 0 Å². The first kappa shape index (κ1) is 17.6. The highest BCUT2D eigenvalue weighted by atomic mass is 16.5. The van der Waals surface area contributed by atoms with E-state index in [1.807, 2.05) is 62.4 Å². The number of para-hydroxylation sites is 1. The van der Waals surface area contributed by atoms with Crippen molar-refractivity contribution in [1.82, 2.24) is 15.3 Å². The number of hydrogen-bond acceptors (Lipinski definition) is 4. The zero-order valence-electron chi connectivity index (χ0n) is 14.8. The molecule has 0 unspecified atom stereocenters. The van der Waals surface area contributed by atoms with Gasteiger partial charge in [-0.3, -0.25) is 4.79 Å². The summed E-state index contributed by atoms with van der Waals surface area (Å²) < 4.78 is 5.75. The van der Waals surface area contributed by atoms with Gasteiger partial charge in [0.05, 0.1) is 5.69 Å². The Morgan fingerprint density at radius 1 is 1.08 bits per heavy atom. The Bertz CT molecular complexity index is 881. The van der Waals surface area contributed by atoms with E-state index in [1.54, 1.807) is 12.1 Å². The van der Waals surface area contributed by atoms with Crippen LogP contribution in [0.25, 0.3) is 11.3 Å². The first-order valence-corrected chi connectivity index (χ1v) is 8.62. The molecule has 0 radical (unpaired) electrons. The Morgan fingerprint density at radius 2 is 1.88 bits per heavy atom. The average Bonchev–Trinajstić information content (AvgIpc) is 2.69. The van der Waals surface area contributed by atoms with Crippen molar-refractivity contribution in [2.75, 3.05) is 0 Å². The molecule has 0 spiro atoms. The molecule has 0 saturated heterocycles. The summed E-state index contributed by atoms with van der Waals surface area (Å²) in [4.78, 5) is 20.8. The topological polar surface area (TPSA) is 64.1 Å². The lowest BCUT2D eigenvalue weighted by molar-refractivity contribution is 0.0939. The minimum absolute atomic E-state index is 0.0870. The highest BCUT2D eigenvalue weighted by Crippen LogP contribution is 2.24. The second-order valence-electron chi connectivity index (χ2n) is 6.02. The maximum atomic E-state index is 12.3. The van der Waals surface area contributed by atoms with Gasteiger partial charge in [0, 0.05) is 23.2 Å². The third-order valence-corrected chi connectivity index (χ3v) is 4.02. The fourth-order valence-electron chi connectivity index (χ4n) is 2.39. The van der Waals surface area contributed by atoms with E-state index in [1.165, 1.54) is 6.33 Å². The summed E-state index contributed by atoms with van der Waals surface area (Å²) in [6.07, 6.45) is 2.34. The van der Waals surface area contributed by atoms with E-state index in [2.05, 4.69) is 15.3 Å². The van der Waals surface area contributed by atoms with Crippen molar-refractivity contribution < 1.29 is 9.53 Å². The second kappa shape index (κ2) is 8.25. The van der Waals surface area contributed by atoms with Crippen LogP contribution in [0, 0.1) is 0 Å². The molecule has 3 rings (SSSR count). The van der Waals surface area contributed by atoms with Crippen molar-refractivity contribution in [2.24, 2.45) is 0 Å². The average molecular weight is 347 g/mol. The molecule has 1 aromatic heterocycles. The molecular formula is C21H21N3O2. The lowest BCUT2D eigenvalue weighted by Crippen LogP contribution is -2.31. The first-order valence-electron chi connectivity index (χ1n) is 8.62. The van der Waals surface area contributed by atoms with Crippen LogP contribution < -0.4 is 10.1 Å². The minimum atomic E-state index is -0.0870. The number of carbonyl (C=O) groups is 1. The Kier molecular flexibility index (Phi) is 5.59. The number of ether oxygens (including phenoxy) is 1. The molecule has 0 fully saturated rings. The third-order valence-electron chi connectivity index (χ3n) is 4.02. The predicted molar refractivity (Wildman–Crippen MR) is 101 cm³/mol. The van der Waals surface area contributed by atoms with Crippen molar-refractivity contribution in [2.45, 2.75) is 26.3 Å². The number of nitrogens with zero attached hydrogens (tertiary/aromatic N) is 2. The van der Waals surface area contributed by atoms with Crippen molar-refractivity contribution >= 4 is 5.91 Å². The SMILES string of the molecule is CC[C@@H](C)NC(=O)c1cccc(-c2cc(Oc3ccccc3)ncn2)c1. The molecule has 0 saturated carbocycles. The molecule has 1 amide bonds. The standard InChI is InChI=1S/C21H21N3O2/c1-3-15(2)24-21(25)17-9-7-8-16(12-17)19-13-20(23-14-22-19)26-18-10-5-4-6-11-18/h4-15H,3H2,1-2H3,(H,24,25)/t15-/m1/s1. The van der Waals surface area contributed by atoms with Crippen LogP contribution in [0.15, 0.2) is 67.0 Å². The van der Waals surface area contributed by atoms with Gasteiger partial charge in [0.1, 0.15) is 12.1 Å². The van der Waals surface area contributed by atoms with Crippen LogP contribution in [0.1, 0.15) is 30.6 Å².